The molecular weight excluding hydrogens is 502 g/mol. The van der Waals surface area contributed by atoms with Crippen LogP contribution >= 0.6 is 0 Å². The standard InChI is InChI=1S/C30H29NO8/c1-5-38-22-14-15-23(24(17-22)39-6-2)27(32)25-26(19-8-7-9-21(16-19)36-3)31(29(34)28(25)33)20-12-10-18(11-13-20)30(35)37-4/h7-17,26,32H,5-6H2,1-4H3/b27-25-. The Morgan fingerprint density at radius 2 is 1.62 bits per heavy atom. The van der Waals surface area contributed by atoms with E-state index in [0.29, 0.717) is 41.7 Å². The summed E-state index contributed by atoms with van der Waals surface area (Å²) >= 11 is 0. The maximum atomic E-state index is 13.5. The summed E-state index contributed by atoms with van der Waals surface area (Å²) in [5, 5.41) is 11.6. The Bertz CT molecular complexity index is 1430. The van der Waals surface area contributed by atoms with E-state index in [1.807, 2.05) is 6.92 Å². The van der Waals surface area contributed by atoms with Gasteiger partial charge in [0.15, 0.2) is 0 Å². The van der Waals surface area contributed by atoms with Gasteiger partial charge in [-0.25, -0.2) is 4.79 Å². The minimum atomic E-state index is -0.995. The van der Waals surface area contributed by atoms with Gasteiger partial charge in [-0.05, 0) is 67.9 Å². The molecule has 0 radical (unpaired) electrons. The van der Waals surface area contributed by atoms with Gasteiger partial charge in [-0.15, -0.1) is 0 Å². The highest BCUT2D eigenvalue weighted by atomic mass is 16.5. The minimum Gasteiger partial charge on any atom is -0.507 e. The molecule has 3 aromatic carbocycles. The van der Waals surface area contributed by atoms with Gasteiger partial charge in [0.25, 0.3) is 11.7 Å². The van der Waals surface area contributed by atoms with Crippen molar-refractivity contribution in [3.8, 4) is 17.2 Å². The molecule has 9 heteroatoms. The number of carbonyl (C=O) groups excluding carboxylic acids is 3. The van der Waals surface area contributed by atoms with Crippen LogP contribution in [0.5, 0.6) is 17.2 Å². The molecule has 1 fully saturated rings. The van der Waals surface area contributed by atoms with Crippen molar-refractivity contribution in [1.82, 2.24) is 0 Å². The van der Waals surface area contributed by atoms with Gasteiger partial charge in [0.1, 0.15) is 23.0 Å². The highest BCUT2D eigenvalue weighted by molar-refractivity contribution is 6.51. The zero-order chi connectivity index (χ0) is 28.1. The van der Waals surface area contributed by atoms with E-state index >= 15 is 0 Å². The quantitative estimate of drug-likeness (QED) is 0.180. The first-order valence-corrected chi connectivity index (χ1v) is 12.4. The molecule has 0 aromatic heterocycles. The summed E-state index contributed by atoms with van der Waals surface area (Å²) in [5.74, 6) is -1.27. The number of esters is 1. The molecule has 1 saturated heterocycles. The van der Waals surface area contributed by atoms with Crippen molar-refractivity contribution < 1.29 is 38.4 Å². The first-order valence-electron chi connectivity index (χ1n) is 12.4. The molecule has 39 heavy (non-hydrogen) atoms. The molecule has 1 N–H and O–H groups in total. The molecule has 1 unspecified atom stereocenters. The third-order valence-corrected chi connectivity index (χ3v) is 6.24. The van der Waals surface area contributed by atoms with Gasteiger partial charge in [0, 0.05) is 11.8 Å². The third-order valence-electron chi connectivity index (χ3n) is 6.24. The zero-order valence-electron chi connectivity index (χ0n) is 22.1. The average molecular weight is 532 g/mol. The maximum absolute atomic E-state index is 13.5. The predicted molar refractivity (Wildman–Crippen MR) is 144 cm³/mol. The van der Waals surface area contributed by atoms with Crippen LogP contribution in [0.1, 0.15) is 41.4 Å². The lowest BCUT2D eigenvalue weighted by Crippen LogP contribution is -2.29. The summed E-state index contributed by atoms with van der Waals surface area (Å²) in [7, 11) is 2.78. The Kier molecular flexibility index (Phi) is 8.19. The van der Waals surface area contributed by atoms with Crippen molar-refractivity contribution >= 4 is 29.1 Å². The lowest BCUT2D eigenvalue weighted by Gasteiger charge is -2.26. The maximum Gasteiger partial charge on any atom is 0.337 e. The molecule has 0 bridgehead atoms. The van der Waals surface area contributed by atoms with Crippen LogP contribution in [-0.4, -0.2) is 50.2 Å². The second-order valence-corrected chi connectivity index (χ2v) is 8.51. The van der Waals surface area contributed by atoms with E-state index in [4.69, 9.17) is 18.9 Å². The van der Waals surface area contributed by atoms with E-state index in [1.54, 1.807) is 61.5 Å². The number of amides is 1. The van der Waals surface area contributed by atoms with Crippen molar-refractivity contribution in [3.05, 3.63) is 89.0 Å². The molecule has 1 amide bonds. The van der Waals surface area contributed by atoms with Crippen molar-refractivity contribution in [2.24, 2.45) is 0 Å². The van der Waals surface area contributed by atoms with E-state index in [9.17, 15) is 19.5 Å². The van der Waals surface area contributed by atoms with Gasteiger partial charge < -0.3 is 24.1 Å². The smallest absolute Gasteiger partial charge is 0.337 e. The fraction of sp³-hybridized carbons (Fsp3) is 0.233. The molecular formula is C30H29NO8. The largest absolute Gasteiger partial charge is 0.507 e. The highest BCUT2D eigenvalue weighted by Gasteiger charge is 2.47. The van der Waals surface area contributed by atoms with Crippen LogP contribution in [0.25, 0.3) is 5.76 Å². The number of aliphatic hydroxyl groups is 1. The fourth-order valence-electron chi connectivity index (χ4n) is 4.48. The van der Waals surface area contributed by atoms with E-state index in [0.717, 1.165) is 0 Å². The van der Waals surface area contributed by atoms with Gasteiger partial charge in [-0.2, -0.15) is 0 Å². The fourth-order valence-corrected chi connectivity index (χ4v) is 4.48. The molecule has 1 aliphatic rings. The molecule has 202 valence electrons. The van der Waals surface area contributed by atoms with Crippen molar-refractivity contribution in [2.75, 3.05) is 32.3 Å². The lowest BCUT2D eigenvalue weighted by atomic mass is 9.94. The number of Topliss-reactive ketones (excluding diaryl/α,β-unsaturated/α-hetero) is 1. The van der Waals surface area contributed by atoms with Crippen LogP contribution in [0.3, 0.4) is 0 Å². The summed E-state index contributed by atoms with van der Waals surface area (Å²) < 4.78 is 21.5. The van der Waals surface area contributed by atoms with Crippen LogP contribution in [0.15, 0.2) is 72.3 Å². The lowest BCUT2D eigenvalue weighted by molar-refractivity contribution is -0.132. The first kappa shape index (κ1) is 27.3. The molecule has 1 aliphatic heterocycles. The second kappa shape index (κ2) is 11.7. The molecule has 3 aromatic rings. The average Bonchev–Trinajstić information content (AvgIpc) is 3.23. The second-order valence-electron chi connectivity index (χ2n) is 8.51. The van der Waals surface area contributed by atoms with Crippen LogP contribution in [0.4, 0.5) is 5.69 Å². The van der Waals surface area contributed by atoms with Crippen LogP contribution in [-0.2, 0) is 14.3 Å². The number of carbonyl (C=O) groups is 3. The molecule has 1 atom stereocenters. The number of nitrogens with zero attached hydrogens (tertiary/aromatic N) is 1. The highest BCUT2D eigenvalue weighted by Crippen LogP contribution is 2.44. The van der Waals surface area contributed by atoms with Gasteiger partial charge in [-0.3, -0.25) is 14.5 Å². The van der Waals surface area contributed by atoms with E-state index in [1.165, 1.54) is 31.3 Å². The molecule has 0 saturated carbocycles. The van der Waals surface area contributed by atoms with E-state index in [2.05, 4.69) is 0 Å². The van der Waals surface area contributed by atoms with E-state index in [-0.39, 0.29) is 22.5 Å². The number of ketones is 1. The van der Waals surface area contributed by atoms with E-state index < -0.39 is 23.7 Å². The number of ether oxygens (including phenoxy) is 4. The monoisotopic (exact) mass is 531 g/mol. The molecule has 4 rings (SSSR count). The van der Waals surface area contributed by atoms with Gasteiger partial charge in [0.2, 0.25) is 0 Å². The number of benzene rings is 3. The first-order chi connectivity index (χ1) is 18.8. The Labute approximate surface area is 226 Å². The molecule has 1 heterocycles. The molecule has 9 nitrogen and oxygen atoms in total. The Hall–Kier alpha value is -4.79. The summed E-state index contributed by atoms with van der Waals surface area (Å²) in [6.07, 6.45) is 0. The number of methoxy groups -OCH3 is 2. The Morgan fingerprint density at radius 3 is 2.26 bits per heavy atom. The van der Waals surface area contributed by atoms with Crippen LogP contribution in [0.2, 0.25) is 0 Å². The molecule has 0 aliphatic carbocycles. The third kappa shape index (κ3) is 5.29. The van der Waals surface area contributed by atoms with Gasteiger partial charge in [0.05, 0.1) is 50.2 Å². The van der Waals surface area contributed by atoms with Crippen LogP contribution in [0, 0.1) is 0 Å². The summed E-state index contributed by atoms with van der Waals surface area (Å²) in [6.45, 7) is 4.38. The Morgan fingerprint density at radius 1 is 0.897 bits per heavy atom. The molecule has 0 spiro atoms. The summed E-state index contributed by atoms with van der Waals surface area (Å²) in [5.41, 5.74) is 1.30. The number of hydrogen-bond acceptors (Lipinski definition) is 8. The van der Waals surface area contributed by atoms with Gasteiger partial charge >= 0.3 is 5.97 Å². The Balaban J connectivity index is 1.92. The van der Waals surface area contributed by atoms with Crippen molar-refractivity contribution in [3.63, 3.8) is 0 Å². The zero-order valence-corrected chi connectivity index (χ0v) is 22.1. The van der Waals surface area contributed by atoms with Crippen molar-refractivity contribution in [1.29, 1.82) is 0 Å². The minimum absolute atomic E-state index is 0.115. The van der Waals surface area contributed by atoms with Crippen LogP contribution < -0.4 is 19.1 Å². The predicted octanol–water partition coefficient (Wildman–Crippen LogP) is 4.91. The topological polar surface area (TPSA) is 112 Å². The number of rotatable bonds is 9. The summed E-state index contributed by atoms with van der Waals surface area (Å²) in [4.78, 5) is 40.2. The number of aliphatic hydroxyl groups excluding tert-OH is 1. The summed E-state index contributed by atoms with van der Waals surface area (Å²) in [6, 6.07) is 16.9. The van der Waals surface area contributed by atoms with Crippen molar-refractivity contribution in [2.45, 2.75) is 19.9 Å². The van der Waals surface area contributed by atoms with Gasteiger partial charge in [-0.1, -0.05) is 12.1 Å². The number of hydrogen-bond donors (Lipinski definition) is 1. The normalized spacial score (nSPS) is 16.2. The SMILES string of the molecule is CCOc1ccc(/C(O)=C2/C(=O)C(=O)N(c3ccc(C(=O)OC)cc3)C2c2cccc(OC)c2)c(OCC)c1. The number of anilines is 1.